The Bertz CT molecular complexity index is 548. The zero-order chi connectivity index (χ0) is 15.4. The topological polar surface area (TPSA) is 69.6 Å². The van der Waals surface area contributed by atoms with Gasteiger partial charge in [0.25, 0.3) is 0 Å². The van der Waals surface area contributed by atoms with Gasteiger partial charge in [-0.25, -0.2) is 4.39 Å². The first-order valence-electron chi connectivity index (χ1n) is 6.97. The van der Waals surface area contributed by atoms with Crippen LogP contribution in [0.2, 0.25) is 0 Å². The Morgan fingerprint density at radius 1 is 1.48 bits per heavy atom. The summed E-state index contributed by atoms with van der Waals surface area (Å²) in [6.07, 6.45) is 1.73. The Morgan fingerprint density at radius 3 is 2.95 bits per heavy atom. The Labute approximate surface area is 122 Å². The SMILES string of the molecule is Cc1ccc(F)cc1NC(=O)CN1CCCC1CC(=O)O. The molecule has 1 aliphatic rings. The van der Waals surface area contributed by atoms with Gasteiger partial charge < -0.3 is 10.4 Å². The van der Waals surface area contributed by atoms with Gasteiger partial charge in [-0.1, -0.05) is 6.07 Å². The smallest absolute Gasteiger partial charge is 0.304 e. The fourth-order valence-electron chi connectivity index (χ4n) is 2.64. The lowest BCUT2D eigenvalue weighted by Crippen LogP contribution is -2.38. The summed E-state index contributed by atoms with van der Waals surface area (Å²) in [4.78, 5) is 24.7. The fourth-order valence-corrected chi connectivity index (χ4v) is 2.64. The van der Waals surface area contributed by atoms with Crippen molar-refractivity contribution >= 4 is 17.6 Å². The lowest BCUT2D eigenvalue weighted by molar-refractivity contribution is -0.138. The van der Waals surface area contributed by atoms with Crippen LogP contribution in [-0.2, 0) is 9.59 Å². The molecule has 1 atom stereocenters. The number of nitrogens with zero attached hydrogens (tertiary/aromatic N) is 1. The van der Waals surface area contributed by atoms with Crippen molar-refractivity contribution in [1.29, 1.82) is 0 Å². The van der Waals surface area contributed by atoms with Gasteiger partial charge in [0.15, 0.2) is 0 Å². The summed E-state index contributed by atoms with van der Waals surface area (Å²) in [7, 11) is 0. The van der Waals surface area contributed by atoms with Gasteiger partial charge in [0.2, 0.25) is 5.91 Å². The van der Waals surface area contributed by atoms with E-state index in [0.29, 0.717) is 12.2 Å². The molecular weight excluding hydrogens is 275 g/mol. The molecule has 1 fully saturated rings. The number of aryl methyl sites for hydroxylation is 1. The maximum Gasteiger partial charge on any atom is 0.304 e. The molecular formula is C15H19FN2O3. The van der Waals surface area contributed by atoms with Gasteiger partial charge in [0.1, 0.15) is 5.82 Å². The summed E-state index contributed by atoms with van der Waals surface area (Å²) in [6, 6.07) is 4.13. The average molecular weight is 294 g/mol. The number of carboxylic acid groups (broad SMARTS) is 1. The minimum Gasteiger partial charge on any atom is -0.481 e. The van der Waals surface area contributed by atoms with Gasteiger partial charge in [-0.2, -0.15) is 0 Å². The lowest BCUT2D eigenvalue weighted by Gasteiger charge is -2.22. The third kappa shape index (κ3) is 4.26. The Kier molecular flexibility index (Phi) is 4.90. The highest BCUT2D eigenvalue weighted by Gasteiger charge is 2.28. The van der Waals surface area contributed by atoms with Crippen LogP contribution in [0.4, 0.5) is 10.1 Å². The van der Waals surface area contributed by atoms with Crippen molar-refractivity contribution < 1.29 is 19.1 Å². The molecule has 114 valence electrons. The predicted molar refractivity (Wildman–Crippen MR) is 76.6 cm³/mol. The Hall–Kier alpha value is -1.95. The van der Waals surface area contributed by atoms with Gasteiger partial charge in [0, 0.05) is 11.7 Å². The average Bonchev–Trinajstić information content (AvgIpc) is 2.80. The highest BCUT2D eigenvalue weighted by molar-refractivity contribution is 5.93. The number of anilines is 1. The van der Waals surface area contributed by atoms with Crippen LogP contribution in [0.3, 0.4) is 0 Å². The van der Waals surface area contributed by atoms with E-state index in [9.17, 15) is 14.0 Å². The molecule has 0 bridgehead atoms. The van der Waals surface area contributed by atoms with E-state index in [4.69, 9.17) is 5.11 Å². The summed E-state index contributed by atoms with van der Waals surface area (Å²) in [5, 5.41) is 11.5. The molecule has 0 aliphatic carbocycles. The number of hydrogen-bond donors (Lipinski definition) is 2. The van der Waals surface area contributed by atoms with Gasteiger partial charge in [-0.15, -0.1) is 0 Å². The Balaban J connectivity index is 1.95. The summed E-state index contributed by atoms with van der Waals surface area (Å²) >= 11 is 0. The van der Waals surface area contributed by atoms with E-state index in [0.717, 1.165) is 18.4 Å². The molecule has 2 N–H and O–H groups in total. The van der Waals surface area contributed by atoms with Crippen LogP contribution in [0.1, 0.15) is 24.8 Å². The van der Waals surface area contributed by atoms with Crippen molar-refractivity contribution in [2.45, 2.75) is 32.2 Å². The fraction of sp³-hybridized carbons (Fsp3) is 0.467. The van der Waals surface area contributed by atoms with E-state index in [1.165, 1.54) is 12.1 Å². The first-order valence-corrected chi connectivity index (χ1v) is 6.97. The van der Waals surface area contributed by atoms with E-state index in [1.54, 1.807) is 13.0 Å². The largest absolute Gasteiger partial charge is 0.481 e. The van der Waals surface area contributed by atoms with Gasteiger partial charge >= 0.3 is 5.97 Å². The highest BCUT2D eigenvalue weighted by atomic mass is 19.1. The number of carboxylic acids is 1. The Morgan fingerprint density at radius 2 is 2.24 bits per heavy atom. The van der Waals surface area contributed by atoms with E-state index < -0.39 is 11.8 Å². The molecule has 1 amide bonds. The van der Waals surface area contributed by atoms with Crippen molar-refractivity contribution in [3.8, 4) is 0 Å². The molecule has 0 saturated carbocycles. The summed E-state index contributed by atoms with van der Waals surface area (Å²) in [5.41, 5.74) is 1.24. The first kappa shape index (κ1) is 15.4. The normalized spacial score (nSPS) is 18.7. The van der Waals surface area contributed by atoms with Crippen LogP contribution >= 0.6 is 0 Å². The van der Waals surface area contributed by atoms with Crippen molar-refractivity contribution in [3.05, 3.63) is 29.6 Å². The van der Waals surface area contributed by atoms with E-state index in [-0.39, 0.29) is 24.9 Å². The molecule has 0 aromatic heterocycles. The van der Waals surface area contributed by atoms with Crippen LogP contribution in [0.5, 0.6) is 0 Å². The summed E-state index contributed by atoms with van der Waals surface area (Å²) in [6.45, 7) is 2.64. The van der Waals surface area contributed by atoms with Crippen molar-refractivity contribution in [2.75, 3.05) is 18.4 Å². The minimum absolute atomic E-state index is 0.0479. The second-order valence-electron chi connectivity index (χ2n) is 5.37. The molecule has 6 heteroatoms. The molecule has 1 aliphatic heterocycles. The zero-order valence-corrected chi connectivity index (χ0v) is 11.9. The predicted octanol–water partition coefficient (Wildman–Crippen LogP) is 2.01. The van der Waals surface area contributed by atoms with Crippen LogP contribution < -0.4 is 5.32 Å². The van der Waals surface area contributed by atoms with Gasteiger partial charge in [-0.05, 0) is 44.0 Å². The third-order valence-electron chi connectivity index (χ3n) is 3.73. The molecule has 1 saturated heterocycles. The van der Waals surface area contributed by atoms with E-state index in [2.05, 4.69) is 5.32 Å². The molecule has 5 nitrogen and oxygen atoms in total. The second-order valence-corrected chi connectivity index (χ2v) is 5.37. The number of aliphatic carboxylic acids is 1. The molecule has 2 rings (SSSR count). The maximum atomic E-state index is 13.2. The lowest BCUT2D eigenvalue weighted by atomic mass is 10.1. The minimum atomic E-state index is -0.853. The molecule has 1 aromatic carbocycles. The van der Waals surface area contributed by atoms with Crippen molar-refractivity contribution in [1.82, 2.24) is 4.90 Å². The molecule has 0 spiro atoms. The zero-order valence-electron chi connectivity index (χ0n) is 11.9. The molecule has 0 radical (unpaired) electrons. The quantitative estimate of drug-likeness (QED) is 0.871. The monoisotopic (exact) mass is 294 g/mol. The van der Waals surface area contributed by atoms with Crippen LogP contribution in [-0.4, -0.2) is 41.0 Å². The highest BCUT2D eigenvalue weighted by Crippen LogP contribution is 2.20. The van der Waals surface area contributed by atoms with Crippen molar-refractivity contribution in [3.63, 3.8) is 0 Å². The molecule has 21 heavy (non-hydrogen) atoms. The molecule has 1 unspecified atom stereocenters. The number of likely N-dealkylation sites (tertiary alicyclic amines) is 1. The van der Waals surface area contributed by atoms with Gasteiger partial charge in [-0.3, -0.25) is 14.5 Å². The number of rotatable bonds is 5. The summed E-state index contributed by atoms with van der Waals surface area (Å²) < 4.78 is 13.2. The van der Waals surface area contributed by atoms with E-state index >= 15 is 0 Å². The maximum absolute atomic E-state index is 13.2. The number of nitrogens with one attached hydrogen (secondary N) is 1. The molecule has 1 heterocycles. The third-order valence-corrected chi connectivity index (χ3v) is 3.73. The second kappa shape index (κ2) is 6.67. The molecule has 1 aromatic rings. The standard InChI is InChI=1S/C15H19FN2O3/c1-10-4-5-11(16)7-13(10)17-14(19)9-18-6-2-3-12(18)8-15(20)21/h4-5,7,12H,2-3,6,8-9H2,1H3,(H,17,19)(H,20,21). The number of benzene rings is 1. The van der Waals surface area contributed by atoms with Crippen LogP contribution in [0, 0.1) is 12.7 Å². The van der Waals surface area contributed by atoms with Crippen LogP contribution in [0.15, 0.2) is 18.2 Å². The number of carbonyl (C=O) groups is 2. The van der Waals surface area contributed by atoms with Gasteiger partial charge in [0.05, 0.1) is 13.0 Å². The van der Waals surface area contributed by atoms with Crippen molar-refractivity contribution in [2.24, 2.45) is 0 Å². The number of hydrogen-bond acceptors (Lipinski definition) is 3. The summed E-state index contributed by atoms with van der Waals surface area (Å²) in [5.74, 6) is -1.50. The number of carbonyl (C=O) groups excluding carboxylic acids is 1. The number of amides is 1. The van der Waals surface area contributed by atoms with Crippen LogP contribution in [0.25, 0.3) is 0 Å². The first-order chi connectivity index (χ1) is 9.95. The van der Waals surface area contributed by atoms with E-state index in [1.807, 2.05) is 4.90 Å². The number of halogens is 1.